The molecule has 1 aliphatic rings. The number of aromatic amines is 1. The van der Waals surface area contributed by atoms with Gasteiger partial charge < -0.3 is 4.98 Å². The van der Waals surface area contributed by atoms with Crippen LogP contribution in [-0.4, -0.2) is 4.98 Å². The van der Waals surface area contributed by atoms with Crippen LogP contribution in [0.2, 0.25) is 0 Å². The van der Waals surface area contributed by atoms with Crippen molar-refractivity contribution in [3.05, 3.63) is 105 Å². The lowest BCUT2D eigenvalue weighted by Gasteiger charge is -2.16. The Morgan fingerprint density at radius 2 is 1.67 bits per heavy atom. The van der Waals surface area contributed by atoms with Gasteiger partial charge in [0.1, 0.15) is 11.9 Å². The number of rotatable bonds is 3. The molecule has 4 nitrogen and oxygen atoms in total. The predicted octanol–water partition coefficient (Wildman–Crippen LogP) is 6.74. The van der Waals surface area contributed by atoms with Crippen LogP contribution in [0.4, 0.5) is 4.39 Å². The Balaban J connectivity index is 1.66. The van der Waals surface area contributed by atoms with Crippen LogP contribution < -0.4 is 5.56 Å². The minimum absolute atomic E-state index is 0.160. The van der Waals surface area contributed by atoms with Crippen molar-refractivity contribution in [2.75, 3.05) is 0 Å². The van der Waals surface area contributed by atoms with Crippen molar-refractivity contribution in [1.29, 1.82) is 0 Å². The van der Waals surface area contributed by atoms with E-state index in [-0.39, 0.29) is 23.5 Å². The van der Waals surface area contributed by atoms with Crippen LogP contribution in [-0.2, 0) is 0 Å². The zero-order chi connectivity index (χ0) is 20.7. The molecule has 5 rings (SSSR count). The van der Waals surface area contributed by atoms with Crippen LogP contribution in [0.3, 0.4) is 0 Å². The third kappa shape index (κ3) is 3.37. The normalized spacial score (nSPS) is 18.2. The van der Waals surface area contributed by atoms with Crippen molar-refractivity contribution in [3.63, 3.8) is 0 Å². The summed E-state index contributed by atoms with van der Waals surface area (Å²) < 4.78 is 14.2. The number of nitrogens with one attached hydrogen (secondary N) is 1. The predicted molar refractivity (Wildman–Crippen MR) is 119 cm³/mol. The second-order valence-electron chi connectivity index (χ2n) is 7.35. The van der Waals surface area contributed by atoms with E-state index in [4.69, 9.17) is 0 Å². The molecule has 0 radical (unpaired) electrons. The van der Waals surface area contributed by atoms with Gasteiger partial charge >= 0.3 is 0 Å². The molecule has 0 saturated carbocycles. The number of hydrogen-bond donors (Lipinski definition) is 1. The molecule has 148 valence electrons. The van der Waals surface area contributed by atoms with Gasteiger partial charge in [-0.3, -0.25) is 4.79 Å². The molecule has 3 aromatic carbocycles. The fourth-order valence-corrected chi connectivity index (χ4v) is 4.41. The second kappa shape index (κ2) is 7.61. The van der Waals surface area contributed by atoms with Crippen molar-refractivity contribution in [3.8, 4) is 11.1 Å². The summed E-state index contributed by atoms with van der Waals surface area (Å²) in [6.45, 7) is 0. The molecule has 1 N–H and O–H groups in total. The van der Waals surface area contributed by atoms with Crippen LogP contribution in [0.25, 0.3) is 22.0 Å². The van der Waals surface area contributed by atoms with Crippen LogP contribution in [0.15, 0.2) is 92.3 Å². The average Bonchev–Trinajstić information content (AvgIpc) is 3.24. The molecule has 0 fully saturated rings. The van der Waals surface area contributed by atoms with E-state index < -0.39 is 0 Å². The number of aromatic nitrogens is 1. The molecule has 0 spiro atoms. The molecular weight excluding hydrogens is 445 g/mol. The molecule has 0 aliphatic carbocycles. The first-order valence-electron chi connectivity index (χ1n) is 9.66. The van der Waals surface area contributed by atoms with Gasteiger partial charge in [0, 0.05) is 27.4 Å². The second-order valence-corrected chi connectivity index (χ2v) is 8.26. The fourth-order valence-electron chi connectivity index (χ4n) is 4.04. The number of nitrogens with zero attached hydrogens (tertiary/aromatic N) is 2. The van der Waals surface area contributed by atoms with Crippen molar-refractivity contribution >= 4 is 26.8 Å². The SMILES string of the molecule is O=c1[nH]c2ccc(Br)cc2c(-c2ccccc2)c1C1CC(c2ccc(F)cc2)N=N1. The molecule has 2 heterocycles. The molecule has 30 heavy (non-hydrogen) atoms. The monoisotopic (exact) mass is 461 g/mol. The lowest BCUT2D eigenvalue weighted by molar-refractivity contribution is 0.621. The van der Waals surface area contributed by atoms with E-state index in [1.165, 1.54) is 12.1 Å². The molecule has 6 heteroatoms. The van der Waals surface area contributed by atoms with E-state index in [1.807, 2.05) is 48.5 Å². The Labute approximate surface area is 180 Å². The van der Waals surface area contributed by atoms with E-state index in [9.17, 15) is 9.18 Å². The summed E-state index contributed by atoms with van der Waals surface area (Å²) in [6.07, 6.45) is 0.564. The molecule has 1 aromatic heterocycles. The molecule has 2 atom stereocenters. The summed E-state index contributed by atoms with van der Waals surface area (Å²) in [4.78, 5) is 16.2. The first kappa shape index (κ1) is 18.9. The Morgan fingerprint density at radius 1 is 0.933 bits per heavy atom. The van der Waals surface area contributed by atoms with Crippen LogP contribution in [0, 0.1) is 5.82 Å². The van der Waals surface area contributed by atoms with Gasteiger partial charge in [0.05, 0.1) is 11.6 Å². The first-order valence-corrected chi connectivity index (χ1v) is 10.5. The molecule has 2 unspecified atom stereocenters. The number of azo groups is 1. The van der Waals surface area contributed by atoms with Gasteiger partial charge in [0.15, 0.2) is 0 Å². The van der Waals surface area contributed by atoms with Crippen LogP contribution >= 0.6 is 15.9 Å². The summed E-state index contributed by atoms with van der Waals surface area (Å²) in [5, 5.41) is 9.82. The number of hydrogen-bond acceptors (Lipinski definition) is 3. The molecule has 4 aromatic rings. The van der Waals surface area contributed by atoms with Crippen LogP contribution in [0.1, 0.15) is 29.6 Å². The molecule has 0 bridgehead atoms. The maximum Gasteiger partial charge on any atom is 0.254 e. The maximum atomic E-state index is 13.3. The highest BCUT2D eigenvalue weighted by Gasteiger charge is 2.30. The minimum atomic E-state index is -0.373. The zero-order valence-electron chi connectivity index (χ0n) is 15.8. The van der Waals surface area contributed by atoms with Gasteiger partial charge in [-0.2, -0.15) is 10.2 Å². The Morgan fingerprint density at radius 3 is 2.43 bits per heavy atom. The molecule has 0 saturated heterocycles. The lowest BCUT2D eigenvalue weighted by Crippen LogP contribution is -2.17. The van der Waals surface area contributed by atoms with Crippen LogP contribution in [0.5, 0.6) is 0 Å². The highest BCUT2D eigenvalue weighted by Crippen LogP contribution is 2.42. The first-order chi connectivity index (χ1) is 14.6. The Hall–Kier alpha value is -3.12. The smallest absolute Gasteiger partial charge is 0.254 e. The van der Waals surface area contributed by atoms with Gasteiger partial charge in [-0.05, 0) is 41.5 Å². The minimum Gasteiger partial charge on any atom is -0.322 e. The molecule has 1 aliphatic heterocycles. The summed E-state index contributed by atoms with van der Waals surface area (Å²) in [7, 11) is 0. The van der Waals surface area contributed by atoms with Crippen molar-refractivity contribution < 1.29 is 4.39 Å². The fraction of sp³-hybridized carbons (Fsp3) is 0.125. The van der Waals surface area contributed by atoms with Gasteiger partial charge in [-0.15, -0.1) is 0 Å². The Bertz CT molecular complexity index is 1320. The van der Waals surface area contributed by atoms with E-state index in [0.717, 1.165) is 32.1 Å². The summed E-state index contributed by atoms with van der Waals surface area (Å²) in [5.74, 6) is -0.284. The highest BCUT2D eigenvalue weighted by atomic mass is 79.9. The van der Waals surface area contributed by atoms with Crippen molar-refractivity contribution in [2.45, 2.75) is 18.5 Å². The number of H-pyrrole nitrogens is 1. The van der Waals surface area contributed by atoms with E-state index in [1.54, 1.807) is 12.1 Å². The van der Waals surface area contributed by atoms with Gasteiger partial charge in [0.2, 0.25) is 0 Å². The van der Waals surface area contributed by atoms with Gasteiger partial charge in [0.25, 0.3) is 5.56 Å². The number of halogens is 2. The van der Waals surface area contributed by atoms with E-state index in [0.29, 0.717) is 12.0 Å². The quantitative estimate of drug-likeness (QED) is 0.360. The number of benzene rings is 3. The number of fused-ring (bicyclic) bond motifs is 1. The largest absolute Gasteiger partial charge is 0.322 e. The standard InChI is InChI=1S/C24H17BrFN3O/c25-16-8-11-19-18(12-16)22(15-4-2-1-3-5-15)23(24(30)27-19)21-13-20(28-29-21)14-6-9-17(26)10-7-14/h1-12,20-21H,13H2,(H,27,30). The summed E-state index contributed by atoms with van der Waals surface area (Å²) >= 11 is 3.55. The lowest BCUT2D eigenvalue weighted by atomic mass is 9.90. The molecule has 0 amide bonds. The Kier molecular flexibility index (Phi) is 4.79. The van der Waals surface area contributed by atoms with Crippen molar-refractivity contribution in [1.82, 2.24) is 4.98 Å². The highest BCUT2D eigenvalue weighted by molar-refractivity contribution is 9.10. The third-order valence-electron chi connectivity index (χ3n) is 5.46. The van der Waals surface area contributed by atoms with E-state index >= 15 is 0 Å². The topological polar surface area (TPSA) is 57.6 Å². The maximum absolute atomic E-state index is 13.3. The molecular formula is C24H17BrFN3O. The van der Waals surface area contributed by atoms with Gasteiger partial charge in [-0.1, -0.05) is 58.4 Å². The summed E-state index contributed by atoms with van der Waals surface area (Å²) in [5.41, 5.74) is 3.95. The van der Waals surface area contributed by atoms with E-state index in [2.05, 4.69) is 31.1 Å². The number of pyridine rings is 1. The van der Waals surface area contributed by atoms with Gasteiger partial charge in [-0.25, -0.2) is 4.39 Å². The average molecular weight is 462 g/mol. The third-order valence-corrected chi connectivity index (χ3v) is 5.95. The summed E-state index contributed by atoms with van der Waals surface area (Å²) in [6, 6.07) is 21.4. The van der Waals surface area contributed by atoms with Crippen molar-refractivity contribution in [2.24, 2.45) is 10.2 Å². The zero-order valence-corrected chi connectivity index (χ0v) is 17.4.